The summed E-state index contributed by atoms with van der Waals surface area (Å²) in [6.07, 6.45) is 2.41. The topological polar surface area (TPSA) is 88.9 Å². The van der Waals surface area contributed by atoms with E-state index in [9.17, 15) is 9.59 Å². The molecule has 1 heterocycles. The Labute approximate surface area is 173 Å². The van der Waals surface area contributed by atoms with Crippen molar-refractivity contribution in [1.29, 1.82) is 0 Å². The van der Waals surface area contributed by atoms with Crippen molar-refractivity contribution < 1.29 is 9.59 Å². The first kappa shape index (κ1) is 20.3. The van der Waals surface area contributed by atoms with Crippen LogP contribution in [0.4, 0.5) is 0 Å². The third kappa shape index (κ3) is 5.79. The van der Waals surface area contributed by atoms with E-state index in [1.54, 1.807) is 30.3 Å². The molecule has 2 aromatic carbocycles. The van der Waals surface area contributed by atoms with E-state index in [-0.39, 0.29) is 17.6 Å². The number of nitrogens with zero attached hydrogens (tertiary/aromatic N) is 3. The Morgan fingerprint density at radius 2 is 1.69 bits per heavy atom. The van der Waals surface area contributed by atoms with Crippen LogP contribution in [0.1, 0.15) is 21.7 Å². The molecule has 29 heavy (non-hydrogen) atoms. The molecule has 0 unspecified atom stereocenters. The van der Waals surface area contributed by atoms with Gasteiger partial charge < -0.3 is 4.57 Å². The number of hydrogen-bond acceptors (Lipinski definition) is 5. The Kier molecular flexibility index (Phi) is 7.18. The zero-order valence-electron chi connectivity index (χ0n) is 15.7. The van der Waals surface area contributed by atoms with Crippen LogP contribution in [0.2, 0.25) is 0 Å². The molecule has 0 aliphatic heterocycles. The lowest BCUT2D eigenvalue weighted by molar-refractivity contribution is -0.119. The Morgan fingerprint density at radius 1 is 1.00 bits per heavy atom. The number of thioether (sulfide) groups is 1. The van der Waals surface area contributed by atoms with Gasteiger partial charge in [0.25, 0.3) is 5.91 Å². The van der Waals surface area contributed by atoms with Gasteiger partial charge in [-0.3, -0.25) is 20.4 Å². The molecule has 0 bridgehead atoms. The van der Waals surface area contributed by atoms with Gasteiger partial charge in [0.1, 0.15) is 5.82 Å². The molecule has 1 aromatic heterocycles. The lowest BCUT2D eigenvalue weighted by atomic mass is 10.1. The van der Waals surface area contributed by atoms with E-state index in [0.29, 0.717) is 23.7 Å². The molecule has 0 atom stereocenters. The van der Waals surface area contributed by atoms with Crippen molar-refractivity contribution >= 4 is 23.6 Å². The summed E-state index contributed by atoms with van der Waals surface area (Å²) in [4.78, 5) is 24.1. The number of aromatic nitrogens is 3. The first-order valence-electron chi connectivity index (χ1n) is 9.01. The normalized spacial score (nSPS) is 10.3. The summed E-state index contributed by atoms with van der Waals surface area (Å²) in [5.41, 5.74) is 6.41. The van der Waals surface area contributed by atoms with E-state index >= 15 is 0 Å². The van der Waals surface area contributed by atoms with E-state index in [1.165, 1.54) is 11.8 Å². The number of allylic oxidation sites excluding steroid dienone is 1. The Balaban J connectivity index is 1.56. The van der Waals surface area contributed by atoms with Gasteiger partial charge in [0.2, 0.25) is 5.91 Å². The van der Waals surface area contributed by atoms with Crippen molar-refractivity contribution in [1.82, 2.24) is 25.6 Å². The van der Waals surface area contributed by atoms with E-state index in [4.69, 9.17) is 0 Å². The molecule has 8 heteroatoms. The number of benzene rings is 2. The second-order valence-electron chi connectivity index (χ2n) is 6.12. The van der Waals surface area contributed by atoms with Crippen LogP contribution in [0.25, 0.3) is 0 Å². The molecule has 2 N–H and O–H groups in total. The predicted molar refractivity (Wildman–Crippen MR) is 112 cm³/mol. The predicted octanol–water partition coefficient (Wildman–Crippen LogP) is 2.61. The fraction of sp³-hybridized carbons (Fsp3) is 0.143. The van der Waals surface area contributed by atoms with Crippen LogP contribution in [-0.4, -0.2) is 32.3 Å². The van der Waals surface area contributed by atoms with Crippen LogP contribution in [0, 0.1) is 0 Å². The van der Waals surface area contributed by atoms with Gasteiger partial charge >= 0.3 is 0 Å². The largest absolute Gasteiger partial charge is 0.302 e. The molecule has 0 aliphatic rings. The highest BCUT2D eigenvalue weighted by Gasteiger charge is 2.14. The average Bonchev–Trinajstić information content (AvgIpc) is 3.13. The molecule has 148 valence electrons. The zero-order chi connectivity index (χ0) is 20.5. The molecule has 0 spiro atoms. The van der Waals surface area contributed by atoms with Gasteiger partial charge in [0.05, 0.1) is 5.75 Å². The quantitative estimate of drug-likeness (QED) is 0.340. The molecular weight excluding hydrogens is 386 g/mol. The lowest BCUT2D eigenvalue weighted by Crippen LogP contribution is -2.42. The van der Waals surface area contributed by atoms with Crippen molar-refractivity contribution in [3.63, 3.8) is 0 Å². The summed E-state index contributed by atoms with van der Waals surface area (Å²) in [6.45, 7) is 4.33. The fourth-order valence-electron chi connectivity index (χ4n) is 2.60. The highest BCUT2D eigenvalue weighted by Crippen LogP contribution is 2.18. The number of nitrogens with one attached hydrogen (secondary N) is 2. The average molecular weight is 407 g/mol. The van der Waals surface area contributed by atoms with Crippen molar-refractivity contribution in [2.24, 2.45) is 0 Å². The minimum Gasteiger partial charge on any atom is -0.302 e. The summed E-state index contributed by atoms with van der Waals surface area (Å²) >= 11 is 1.25. The maximum absolute atomic E-state index is 12.1. The number of amides is 2. The molecule has 2 amide bonds. The number of carbonyl (C=O) groups excluding carboxylic acids is 2. The Morgan fingerprint density at radius 3 is 2.38 bits per heavy atom. The summed E-state index contributed by atoms with van der Waals surface area (Å²) in [5.74, 6) is 0.188. The summed E-state index contributed by atoms with van der Waals surface area (Å²) in [6, 6.07) is 18.7. The highest BCUT2D eigenvalue weighted by atomic mass is 32.2. The van der Waals surface area contributed by atoms with Crippen LogP contribution in [-0.2, 0) is 17.8 Å². The van der Waals surface area contributed by atoms with E-state index < -0.39 is 0 Å². The zero-order valence-corrected chi connectivity index (χ0v) is 16.6. The van der Waals surface area contributed by atoms with Crippen LogP contribution >= 0.6 is 11.8 Å². The van der Waals surface area contributed by atoms with Crippen molar-refractivity contribution in [2.75, 3.05) is 5.75 Å². The van der Waals surface area contributed by atoms with Crippen LogP contribution in [0.5, 0.6) is 0 Å². The molecule has 3 aromatic rings. The standard InChI is InChI=1S/C21H21N5O2S/c1-2-13-26-18(14-16-9-5-3-6-10-16)22-25-21(26)29-15-19(27)23-24-20(28)17-11-7-4-8-12-17/h2-12H,1,13-15H2,(H,23,27)(H,24,28). The van der Waals surface area contributed by atoms with Crippen LogP contribution < -0.4 is 10.9 Å². The Bertz CT molecular complexity index is 973. The third-order valence-corrected chi connectivity index (χ3v) is 4.96. The minimum atomic E-state index is -0.371. The fourth-order valence-corrected chi connectivity index (χ4v) is 3.37. The van der Waals surface area contributed by atoms with Gasteiger partial charge in [0, 0.05) is 18.5 Å². The second-order valence-corrected chi connectivity index (χ2v) is 7.06. The van der Waals surface area contributed by atoms with Gasteiger partial charge in [-0.2, -0.15) is 0 Å². The van der Waals surface area contributed by atoms with E-state index in [1.807, 2.05) is 41.0 Å². The number of rotatable bonds is 8. The molecule has 7 nitrogen and oxygen atoms in total. The molecule has 3 rings (SSSR count). The minimum absolute atomic E-state index is 0.0929. The summed E-state index contributed by atoms with van der Waals surface area (Å²) in [5, 5.41) is 9.10. The monoisotopic (exact) mass is 407 g/mol. The molecule has 0 fully saturated rings. The van der Waals surface area contributed by atoms with Crippen molar-refractivity contribution in [2.45, 2.75) is 18.1 Å². The molecule has 0 aliphatic carbocycles. The SMILES string of the molecule is C=CCn1c(Cc2ccccc2)nnc1SCC(=O)NNC(=O)c1ccccc1. The molecule has 0 saturated heterocycles. The van der Waals surface area contributed by atoms with Crippen LogP contribution in [0.15, 0.2) is 78.5 Å². The van der Waals surface area contributed by atoms with Gasteiger partial charge in [-0.1, -0.05) is 66.4 Å². The third-order valence-electron chi connectivity index (χ3n) is 3.99. The van der Waals surface area contributed by atoms with E-state index in [2.05, 4.69) is 27.6 Å². The number of carbonyl (C=O) groups is 2. The highest BCUT2D eigenvalue weighted by molar-refractivity contribution is 7.99. The lowest BCUT2D eigenvalue weighted by Gasteiger charge is -2.09. The van der Waals surface area contributed by atoms with Gasteiger partial charge in [0.15, 0.2) is 5.16 Å². The molecule has 0 saturated carbocycles. The maximum Gasteiger partial charge on any atom is 0.269 e. The molecule has 0 radical (unpaired) electrons. The van der Waals surface area contributed by atoms with Crippen LogP contribution in [0.3, 0.4) is 0 Å². The molecular formula is C21H21N5O2S. The second kappa shape index (κ2) is 10.2. The van der Waals surface area contributed by atoms with Crippen molar-refractivity contribution in [3.05, 3.63) is 90.3 Å². The van der Waals surface area contributed by atoms with Gasteiger partial charge in [-0.05, 0) is 17.7 Å². The van der Waals surface area contributed by atoms with Crippen molar-refractivity contribution in [3.8, 4) is 0 Å². The van der Waals surface area contributed by atoms with E-state index in [0.717, 1.165) is 11.4 Å². The first-order chi connectivity index (χ1) is 14.2. The summed E-state index contributed by atoms with van der Waals surface area (Å²) in [7, 11) is 0. The smallest absolute Gasteiger partial charge is 0.269 e. The van der Waals surface area contributed by atoms with Gasteiger partial charge in [-0.15, -0.1) is 16.8 Å². The first-order valence-corrected chi connectivity index (χ1v) is 10.00. The number of hydrazine groups is 1. The maximum atomic E-state index is 12.1. The Hall–Kier alpha value is -3.39. The number of hydrogen-bond donors (Lipinski definition) is 2. The van der Waals surface area contributed by atoms with Gasteiger partial charge in [-0.25, -0.2) is 0 Å². The summed E-state index contributed by atoms with van der Waals surface area (Å²) < 4.78 is 1.93.